The number of rotatable bonds is 9. The Labute approximate surface area is 186 Å². The topological polar surface area (TPSA) is 70.7 Å². The number of hydrogen-bond donors (Lipinski definition) is 2. The SMILES string of the molecule is CCN(CC(=O)Nc1ccccc1OC)CC(=O)N[C@@H](C)C12CC3CC(CC(C3)C1)C2. The summed E-state index contributed by atoms with van der Waals surface area (Å²) < 4.78 is 5.29. The van der Waals surface area contributed by atoms with Crippen molar-refractivity contribution in [3.05, 3.63) is 24.3 Å². The van der Waals surface area contributed by atoms with E-state index in [1.165, 1.54) is 38.5 Å². The number of amides is 2. The number of carbonyl (C=O) groups is 2. The molecule has 5 rings (SSSR count). The van der Waals surface area contributed by atoms with Gasteiger partial charge in [0.15, 0.2) is 0 Å². The second-order valence-corrected chi connectivity index (χ2v) is 10.1. The maximum atomic E-state index is 12.9. The first-order valence-corrected chi connectivity index (χ1v) is 11.9. The molecule has 4 aliphatic rings. The largest absolute Gasteiger partial charge is 0.495 e. The molecule has 4 bridgehead atoms. The normalized spacial score (nSPS) is 29.6. The summed E-state index contributed by atoms with van der Waals surface area (Å²) in [6, 6.07) is 7.55. The van der Waals surface area contributed by atoms with Crippen LogP contribution in [0.15, 0.2) is 24.3 Å². The Morgan fingerprint density at radius 3 is 2.23 bits per heavy atom. The van der Waals surface area contributed by atoms with Gasteiger partial charge < -0.3 is 15.4 Å². The van der Waals surface area contributed by atoms with Crippen LogP contribution >= 0.6 is 0 Å². The predicted molar refractivity (Wildman–Crippen MR) is 122 cm³/mol. The molecule has 2 N–H and O–H groups in total. The van der Waals surface area contributed by atoms with Crippen LogP contribution in [0.5, 0.6) is 5.75 Å². The van der Waals surface area contributed by atoms with Gasteiger partial charge in [-0.2, -0.15) is 0 Å². The van der Waals surface area contributed by atoms with Gasteiger partial charge in [0.25, 0.3) is 0 Å². The number of benzene rings is 1. The van der Waals surface area contributed by atoms with Crippen molar-refractivity contribution in [2.75, 3.05) is 32.1 Å². The second-order valence-electron chi connectivity index (χ2n) is 10.1. The van der Waals surface area contributed by atoms with E-state index in [9.17, 15) is 9.59 Å². The molecule has 4 aliphatic carbocycles. The van der Waals surface area contributed by atoms with Crippen LogP contribution in [0.3, 0.4) is 0 Å². The molecular weight excluding hydrogens is 390 g/mol. The minimum absolute atomic E-state index is 0.0233. The maximum Gasteiger partial charge on any atom is 0.238 e. The van der Waals surface area contributed by atoms with Crippen molar-refractivity contribution in [3.63, 3.8) is 0 Å². The number of ether oxygens (including phenoxy) is 1. The number of nitrogens with zero attached hydrogens (tertiary/aromatic N) is 1. The van der Waals surface area contributed by atoms with Crippen LogP contribution in [-0.2, 0) is 9.59 Å². The Hall–Kier alpha value is -2.08. The van der Waals surface area contributed by atoms with E-state index in [0.29, 0.717) is 23.4 Å². The zero-order chi connectivity index (χ0) is 22.0. The third-order valence-corrected chi connectivity index (χ3v) is 7.94. The van der Waals surface area contributed by atoms with Gasteiger partial charge in [0, 0.05) is 6.04 Å². The van der Waals surface area contributed by atoms with Gasteiger partial charge in [-0.05, 0) is 87.3 Å². The van der Waals surface area contributed by atoms with Gasteiger partial charge in [0.1, 0.15) is 5.75 Å². The molecule has 1 aromatic carbocycles. The minimum atomic E-state index is -0.145. The first-order chi connectivity index (χ1) is 14.9. The number of methoxy groups -OCH3 is 1. The Kier molecular flexibility index (Phi) is 6.56. The van der Waals surface area contributed by atoms with E-state index < -0.39 is 0 Å². The first kappa shape index (κ1) is 22.1. The summed E-state index contributed by atoms with van der Waals surface area (Å²) >= 11 is 0. The highest BCUT2D eigenvalue weighted by atomic mass is 16.5. The Balaban J connectivity index is 1.29. The lowest BCUT2D eigenvalue weighted by molar-refractivity contribution is -0.127. The van der Waals surface area contributed by atoms with E-state index in [-0.39, 0.29) is 30.9 Å². The molecular formula is C25H37N3O3. The Morgan fingerprint density at radius 1 is 1.06 bits per heavy atom. The van der Waals surface area contributed by atoms with E-state index >= 15 is 0 Å². The molecule has 2 amide bonds. The van der Waals surface area contributed by atoms with Gasteiger partial charge in [0.2, 0.25) is 11.8 Å². The molecule has 170 valence electrons. The minimum Gasteiger partial charge on any atom is -0.495 e. The van der Waals surface area contributed by atoms with Crippen LogP contribution in [0.1, 0.15) is 52.4 Å². The summed E-state index contributed by atoms with van der Waals surface area (Å²) in [6.07, 6.45) is 8.05. The summed E-state index contributed by atoms with van der Waals surface area (Å²) in [6.45, 7) is 5.24. The molecule has 4 saturated carbocycles. The fourth-order valence-corrected chi connectivity index (χ4v) is 6.77. The monoisotopic (exact) mass is 427 g/mol. The van der Waals surface area contributed by atoms with Crippen LogP contribution in [-0.4, -0.2) is 49.5 Å². The molecule has 0 unspecified atom stereocenters. The Bertz CT molecular complexity index is 774. The average molecular weight is 428 g/mol. The first-order valence-electron chi connectivity index (χ1n) is 11.9. The average Bonchev–Trinajstić information content (AvgIpc) is 2.72. The van der Waals surface area contributed by atoms with Crippen molar-refractivity contribution in [3.8, 4) is 5.75 Å². The maximum absolute atomic E-state index is 12.9. The standard InChI is InChI=1S/C25H37N3O3/c1-4-28(16-24(30)27-21-7-5-6-8-22(21)31-3)15-23(29)26-17(2)25-12-18-9-19(13-25)11-20(10-18)14-25/h5-8,17-20H,4,9-16H2,1-3H3,(H,26,29)(H,27,30)/t17-,18?,19?,20?,25?/m0/s1. The van der Waals surface area contributed by atoms with Crippen molar-refractivity contribution in [1.29, 1.82) is 0 Å². The summed E-state index contributed by atoms with van der Waals surface area (Å²) in [5.74, 6) is 3.12. The number of carbonyl (C=O) groups excluding carboxylic acids is 2. The van der Waals surface area contributed by atoms with Gasteiger partial charge in [-0.25, -0.2) is 0 Å². The zero-order valence-corrected chi connectivity index (χ0v) is 19.2. The lowest BCUT2D eigenvalue weighted by Gasteiger charge is -2.59. The molecule has 31 heavy (non-hydrogen) atoms. The molecule has 1 atom stereocenters. The molecule has 1 aromatic rings. The predicted octanol–water partition coefficient (Wildman–Crippen LogP) is 3.68. The second kappa shape index (κ2) is 9.19. The molecule has 6 heteroatoms. The highest BCUT2D eigenvalue weighted by Gasteiger charge is 2.53. The number of para-hydroxylation sites is 2. The molecule has 0 radical (unpaired) electrons. The molecule has 0 saturated heterocycles. The van der Waals surface area contributed by atoms with E-state index in [0.717, 1.165) is 17.8 Å². The van der Waals surface area contributed by atoms with E-state index in [4.69, 9.17) is 4.74 Å². The molecule has 0 heterocycles. The molecule has 0 aromatic heterocycles. The van der Waals surface area contributed by atoms with E-state index in [1.54, 1.807) is 7.11 Å². The van der Waals surface area contributed by atoms with Crippen LogP contribution in [0, 0.1) is 23.2 Å². The van der Waals surface area contributed by atoms with Crippen molar-refractivity contribution in [1.82, 2.24) is 10.2 Å². The van der Waals surface area contributed by atoms with Crippen LogP contribution in [0.25, 0.3) is 0 Å². The van der Waals surface area contributed by atoms with Crippen molar-refractivity contribution < 1.29 is 14.3 Å². The van der Waals surface area contributed by atoms with Crippen molar-refractivity contribution >= 4 is 17.5 Å². The highest BCUT2D eigenvalue weighted by molar-refractivity contribution is 5.94. The summed E-state index contributed by atoms with van der Waals surface area (Å²) in [4.78, 5) is 27.3. The molecule has 4 fully saturated rings. The lowest BCUT2D eigenvalue weighted by atomic mass is 9.48. The summed E-state index contributed by atoms with van der Waals surface area (Å²) in [5.41, 5.74) is 0.939. The van der Waals surface area contributed by atoms with Crippen molar-refractivity contribution in [2.24, 2.45) is 23.2 Å². The number of hydrogen-bond acceptors (Lipinski definition) is 4. The third-order valence-electron chi connectivity index (χ3n) is 7.94. The molecule has 0 spiro atoms. The summed E-state index contributed by atoms with van der Waals surface area (Å²) in [7, 11) is 1.58. The van der Waals surface area contributed by atoms with Gasteiger partial charge in [0.05, 0.1) is 25.9 Å². The van der Waals surface area contributed by atoms with Crippen LogP contribution < -0.4 is 15.4 Å². The van der Waals surface area contributed by atoms with Crippen molar-refractivity contribution in [2.45, 2.75) is 58.4 Å². The van der Waals surface area contributed by atoms with E-state index in [2.05, 4.69) is 17.6 Å². The quantitative estimate of drug-likeness (QED) is 0.631. The highest BCUT2D eigenvalue weighted by Crippen LogP contribution is 2.61. The Morgan fingerprint density at radius 2 is 1.65 bits per heavy atom. The smallest absolute Gasteiger partial charge is 0.238 e. The molecule has 6 nitrogen and oxygen atoms in total. The van der Waals surface area contributed by atoms with Crippen LogP contribution in [0.4, 0.5) is 5.69 Å². The van der Waals surface area contributed by atoms with Crippen LogP contribution in [0.2, 0.25) is 0 Å². The fourth-order valence-electron chi connectivity index (χ4n) is 6.77. The lowest BCUT2D eigenvalue weighted by Crippen LogP contribution is -2.56. The summed E-state index contributed by atoms with van der Waals surface area (Å²) in [5, 5.41) is 6.20. The number of anilines is 1. The zero-order valence-electron chi connectivity index (χ0n) is 19.2. The fraction of sp³-hybridized carbons (Fsp3) is 0.680. The van der Waals surface area contributed by atoms with Gasteiger partial charge >= 0.3 is 0 Å². The number of nitrogens with one attached hydrogen (secondary N) is 2. The molecule has 0 aliphatic heterocycles. The third kappa shape index (κ3) is 4.89. The van der Waals surface area contributed by atoms with E-state index in [1.807, 2.05) is 36.1 Å². The number of likely N-dealkylation sites (N-methyl/N-ethyl adjacent to an activating group) is 1. The van der Waals surface area contributed by atoms with Gasteiger partial charge in [-0.1, -0.05) is 19.1 Å². The van der Waals surface area contributed by atoms with Gasteiger partial charge in [-0.15, -0.1) is 0 Å². The van der Waals surface area contributed by atoms with Gasteiger partial charge in [-0.3, -0.25) is 14.5 Å².